The highest BCUT2D eigenvalue weighted by Crippen LogP contribution is 2.38. The van der Waals surface area contributed by atoms with Crippen molar-refractivity contribution < 1.29 is 14.8 Å². The third-order valence-electron chi connectivity index (χ3n) is 2.59. The number of nitro groups is 1. The Morgan fingerprint density at radius 1 is 1.40 bits per heavy atom. The third-order valence-corrected chi connectivity index (χ3v) is 2.89. The molecule has 1 N–H and O–H groups in total. The summed E-state index contributed by atoms with van der Waals surface area (Å²) in [5.41, 5.74) is 0.154. The van der Waals surface area contributed by atoms with Crippen LogP contribution in [0.5, 0.6) is 11.6 Å². The van der Waals surface area contributed by atoms with E-state index in [-0.39, 0.29) is 22.3 Å². The Labute approximate surface area is 119 Å². The number of rotatable bonds is 4. The van der Waals surface area contributed by atoms with Gasteiger partial charge in [0.05, 0.1) is 16.0 Å². The maximum absolute atomic E-state index is 11.0. The van der Waals surface area contributed by atoms with E-state index in [2.05, 4.69) is 4.98 Å². The fourth-order valence-corrected chi connectivity index (χ4v) is 1.85. The Morgan fingerprint density at radius 2 is 2.15 bits per heavy atom. The van der Waals surface area contributed by atoms with Gasteiger partial charge < -0.3 is 9.84 Å². The molecule has 20 heavy (non-hydrogen) atoms. The second-order valence-corrected chi connectivity index (χ2v) is 4.43. The Morgan fingerprint density at radius 3 is 2.80 bits per heavy atom. The van der Waals surface area contributed by atoms with Crippen LogP contribution < -0.4 is 4.74 Å². The fraction of sp³-hybridized carbons (Fsp3) is 0.154. The molecule has 7 heteroatoms. The first-order valence-electron chi connectivity index (χ1n) is 5.74. The zero-order valence-electron chi connectivity index (χ0n) is 10.5. The van der Waals surface area contributed by atoms with Crippen LogP contribution >= 0.6 is 11.6 Å². The van der Waals surface area contributed by atoms with Crippen molar-refractivity contribution >= 4 is 17.3 Å². The first-order chi connectivity index (χ1) is 9.50. The van der Waals surface area contributed by atoms with E-state index in [4.69, 9.17) is 16.3 Å². The second kappa shape index (κ2) is 5.85. The van der Waals surface area contributed by atoms with Gasteiger partial charge >= 0.3 is 5.69 Å². The molecule has 0 aliphatic heterocycles. The number of nitro benzene ring substituents is 1. The maximum atomic E-state index is 11.0. The van der Waals surface area contributed by atoms with E-state index in [1.807, 2.05) is 0 Å². The van der Waals surface area contributed by atoms with Gasteiger partial charge in [-0.2, -0.15) is 0 Å². The summed E-state index contributed by atoms with van der Waals surface area (Å²) in [4.78, 5) is 14.4. The van der Waals surface area contributed by atoms with Gasteiger partial charge in [-0.15, -0.1) is 0 Å². The summed E-state index contributed by atoms with van der Waals surface area (Å²) < 4.78 is 5.45. The number of halogens is 1. The Kier molecular flexibility index (Phi) is 4.16. The average Bonchev–Trinajstić information content (AvgIpc) is 2.41. The van der Waals surface area contributed by atoms with Crippen LogP contribution in [0.1, 0.15) is 18.6 Å². The largest absolute Gasteiger partial charge is 0.430 e. The van der Waals surface area contributed by atoms with Gasteiger partial charge in [0.15, 0.2) is 0 Å². The van der Waals surface area contributed by atoms with E-state index in [1.54, 1.807) is 19.1 Å². The number of aliphatic hydroxyl groups excluding tert-OH is 1. The standard InChI is InChI=1S/C13H11ClN2O4/c1-8(17)9-4-3-7-15-13(9)20-12-10(14)5-2-6-11(12)16(18)19/h2-8,17H,1H3. The number of ether oxygens (including phenoxy) is 1. The zero-order valence-corrected chi connectivity index (χ0v) is 11.2. The zero-order chi connectivity index (χ0) is 14.7. The summed E-state index contributed by atoms with van der Waals surface area (Å²) in [6.07, 6.45) is 0.643. The smallest absolute Gasteiger partial charge is 0.313 e. The molecule has 104 valence electrons. The van der Waals surface area contributed by atoms with Gasteiger partial charge in [0, 0.05) is 17.8 Å². The topological polar surface area (TPSA) is 85.5 Å². The number of nitrogens with zero attached hydrogens (tertiary/aromatic N) is 2. The lowest BCUT2D eigenvalue weighted by atomic mass is 10.2. The summed E-state index contributed by atoms with van der Waals surface area (Å²) in [7, 11) is 0. The Bertz CT molecular complexity index is 646. The van der Waals surface area contributed by atoms with Crippen molar-refractivity contribution in [2.24, 2.45) is 0 Å². The molecule has 1 unspecified atom stereocenters. The first kappa shape index (κ1) is 14.2. The van der Waals surface area contributed by atoms with E-state index >= 15 is 0 Å². The van der Waals surface area contributed by atoms with Gasteiger partial charge in [-0.05, 0) is 25.1 Å². The summed E-state index contributed by atoms with van der Waals surface area (Å²) in [5.74, 6) is -0.0153. The predicted octanol–water partition coefficient (Wildman–Crippen LogP) is 3.49. The van der Waals surface area contributed by atoms with Crippen LogP contribution in [0.2, 0.25) is 5.02 Å². The summed E-state index contributed by atoms with van der Waals surface area (Å²) >= 11 is 5.94. The minimum absolute atomic E-state index is 0.0821. The van der Waals surface area contributed by atoms with Crippen molar-refractivity contribution in [3.8, 4) is 11.6 Å². The number of para-hydroxylation sites is 1. The third kappa shape index (κ3) is 2.87. The number of benzene rings is 1. The Hall–Kier alpha value is -2.18. The van der Waals surface area contributed by atoms with E-state index in [1.165, 1.54) is 24.4 Å². The van der Waals surface area contributed by atoms with Crippen LogP contribution in [-0.4, -0.2) is 15.0 Å². The van der Waals surface area contributed by atoms with Crippen LogP contribution in [0.25, 0.3) is 0 Å². The number of hydrogen-bond donors (Lipinski definition) is 1. The molecule has 0 fully saturated rings. The van der Waals surface area contributed by atoms with Crippen molar-refractivity contribution in [3.63, 3.8) is 0 Å². The first-order valence-corrected chi connectivity index (χ1v) is 6.12. The lowest BCUT2D eigenvalue weighted by molar-refractivity contribution is -0.385. The van der Waals surface area contributed by atoms with Crippen molar-refractivity contribution in [1.82, 2.24) is 4.98 Å². The van der Waals surface area contributed by atoms with Crippen molar-refractivity contribution in [3.05, 3.63) is 57.2 Å². The Balaban J connectivity index is 2.48. The van der Waals surface area contributed by atoms with Gasteiger partial charge in [0.2, 0.25) is 11.6 Å². The molecule has 2 rings (SSSR count). The number of pyridine rings is 1. The average molecular weight is 295 g/mol. The van der Waals surface area contributed by atoms with E-state index in [0.717, 1.165) is 0 Å². The van der Waals surface area contributed by atoms with Gasteiger partial charge in [-0.1, -0.05) is 17.7 Å². The molecule has 1 heterocycles. The van der Waals surface area contributed by atoms with Gasteiger partial charge in [-0.3, -0.25) is 10.1 Å². The number of aromatic nitrogens is 1. The quantitative estimate of drug-likeness (QED) is 0.689. The monoisotopic (exact) mass is 294 g/mol. The van der Waals surface area contributed by atoms with Crippen molar-refractivity contribution in [1.29, 1.82) is 0 Å². The van der Waals surface area contributed by atoms with Crippen LogP contribution in [0, 0.1) is 10.1 Å². The maximum Gasteiger partial charge on any atom is 0.313 e. The number of aliphatic hydroxyl groups is 1. The van der Waals surface area contributed by atoms with E-state index < -0.39 is 11.0 Å². The fourth-order valence-electron chi connectivity index (χ4n) is 1.65. The highest BCUT2D eigenvalue weighted by Gasteiger charge is 2.21. The molecule has 0 bridgehead atoms. The summed E-state index contributed by atoms with van der Waals surface area (Å²) in [5, 5.41) is 20.7. The van der Waals surface area contributed by atoms with E-state index in [9.17, 15) is 15.2 Å². The SMILES string of the molecule is CC(O)c1cccnc1Oc1c(Cl)cccc1[N+](=O)[O-]. The number of hydrogen-bond acceptors (Lipinski definition) is 5. The van der Waals surface area contributed by atoms with Crippen LogP contribution in [-0.2, 0) is 0 Å². The molecule has 6 nitrogen and oxygen atoms in total. The van der Waals surface area contributed by atoms with Gasteiger partial charge in [0.1, 0.15) is 0 Å². The molecule has 0 saturated carbocycles. The molecule has 2 aromatic rings. The highest BCUT2D eigenvalue weighted by atomic mass is 35.5. The summed E-state index contributed by atoms with van der Waals surface area (Å²) in [6, 6.07) is 7.48. The molecule has 1 atom stereocenters. The molecule has 0 saturated heterocycles. The second-order valence-electron chi connectivity index (χ2n) is 4.02. The van der Waals surface area contributed by atoms with Crippen LogP contribution in [0.4, 0.5) is 5.69 Å². The highest BCUT2D eigenvalue weighted by molar-refractivity contribution is 6.32. The molecule has 0 aliphatic rings. The summed E-state index contributed by atoms with van der Waals surface area (Å²) in [6.45, 7) is 1.55. The molecular formula is C13H11ClN2O4. The molecule has 1 aromatic heterocycles. The molecule has 0 spiro atoms. The van der Waals surface area contributed by atoms with Crippen molar-refractivity contribution in [2.75, 3.05) is 0 Å². The minimum atomic E-state index is -0.819. The van der Waals surface area contributed by atoms with Crippen LogP contribution in [0.15, 0.2) is 36.5 Å². The molecular weight excluding hydrogens is 284 g/mol. The minimum Gasteiger partial charge on any atom is -0.430 e. The van der Waals surface area contributed by atoms with E-state index in [0.29, 0.717) is 5.56 Å². The molecule has 1 aromatic carbocycles. The lowest BCUT2D eigenvalue weighted by Gasteiger charge is -2.12. The lowest BCUT2D eigenvalue weighted by Crippen LogP contribution is -2.00. The molecule has 0 aliphatic carbocycles. The van der Waals surface area contributed by atoms with Gasteiger partial charge in [-0.25, -0.2) is 4.98 Å². The van der Waals surface area contributed by atoms with Gasteiger partial charge in [0.25, 0.3) is 0 Å². The van der Waals surface area contributed by atoms with Crippen LogP contribution in [0.3, 0.4) is 0 Å². The van der Waals surface area contributed by atoms with Crippen molar-refractivity contribution in [2.45, 2.75) is 13.0 Å². The molecule has 0 radical (unpaired) electrons. The predicted molar refractivity (Wildman–Crippen MR) is 73.1 cm³/mol. The normalized spacial score (nSPS) is 11.9. The molecule has 0 amide bonds.